The summed E-state index contributed by atoms with van der Waals surface area (Å²) in [4.78, 5) is 31.0. The van der Waals surface area contributed by atoms with Crippen molar-refractivity contribution in [1.29, 1.82) is 0 Å². The molecule has 130 valence electrons. The molecule has 0 aromatic carbocycles. The maximum absolute atomic E-state index is 12.3. The molecule has 0 aliphatic carbocycles. The molecule has 1 unspecified atom stereocenters. The molecule has 0 radical (unpaired) electrons. The van der Waals surface area contributed by atoms with Gasteiger partial charge in [-0.1, -0.05) is 50.3 Å². The van der Waals surface area contributed by atoms with Gasteiger partial charge in [0, 0.05) is 17.7 Å². The first kappa shape index (κ1) is 18.6. The van der Waals surface area contributed by atoms with Crippen LogP contribution < -0.4 is 10.9 Å². The number of aryl methyl sites for hydroxylation is 1. The SMILES string of the molecule is CCCc1cc(=O)[nH]c(SC(C)C(=O)Nc2nnc(C(C)C)s2)n1. The lowest BCUT2D eigenvalue weighted by molar-refractivity contribution is -0.115. The molecule has 0 fully saturated rings. The zero-order valence-corrected chi connectivity index (χ0v) is 15.8. The van der Waals surface area contributed by atoms with Crippen LogP contribution in [-0.2, 0) is 11.2 Å². The number of carbonyl (C=O) groups excluding carboxylic acids is 1. The van der Waals surface area contributed by atoms with Crippen LogP contribution in [0, 0.1) is 0 Å². The van der Waals surface area contributed by atoms with Crippen molar-refractivity contribution >= 4 is 34.1 Å². The van der Waals surface area contributed by atoms with E-state index in [1.807, 2.05) is 20.8 Å². The Bertz CT molecular complexity index is 756. The summed E-state index contributed by atoms with van der Waals surface area (Å²) in [5, 5.41) is 12.2. The lowest BCUT2D eigenvalue weighted by atomic mass is 10.2. The van der Waals surface area contributed by atoms with Gasteiger partial charge in [0.25, 0.3) is 5.56 Å². The number of nitrogens with zero attached hydrogens (tertiary/aromatic N) is 3. The lowest BCUT2D eigenvalue weighted by Crippen LogP contribution is -2.23. The normalized spacial score (nSPS) is 12.4. The summed E-state index contributed by atoms with van der Waals surface area (Å²) < 4.78 is 0. The summed E-state index contributed by atoms with van der Waals surface area (Å²) in [7, 11) is 0. The van der Waals surface area contributed by atoms with Gasteiger partial charge in [-0.25, -0.2) is 4.98 Å². The summed E-state index contributed by atoms with van der Waals surface area (Å²) in [5.74, 6) is 0.0746. The predicted molar refractivity (Wildman–Crippen MR) is 96.8 cm³/mol. The van der Waals surface area contributed by atoms with E-state index in [1.165, 1.54) is 29.2 Å². The molecule has 0 saturated carbocycles. The van der Waals surface area contributed by atoms with Crippen molar-refractivity contribution in [3.63, 3.8) is 0 Å². The fraction of sp³-hybridized carbons (Fsp3) is 0.533. The Balaban J connectivity index is 2.01. The number of H-pyrrole nitrogens is 1. The predicted octanol–water partition coefficient (Wildman–Crippen LogP) is 2.82. The fourth-order valence-corrected chi connectivity index (χ4v) is 3.45. The minimum Gasteiger partial charge on any atom is -0.301 e. The van der Waals surface area contributed by atoms with Crippen LogP contribution in [-0.4, -0.2) is 31.3 Å². The Hall–Kier alpha value is -1.74. The monoisotopic (exact) mass is 367 g/mol. The van der Waals surface area contributed by atoms with Crippen LogP contribution in [0.2, 0.25) is 0 Å². The Morgan fingerprint density at radius 3 is 2.75 bits per heavy atom. The van der Waals surface area contributed by atoms with Gasteiger partial charge in [-0.3, -0.25) is 14.9 Å². The van der Waals surface area contributed by atoms with Gasteiger partial charge in [0.05, 0.1) is 5.25 Å². The highest BCUT2D eigenvalue weighted by atomic mass is 32.2. The number of aromatic nitrogens is 4. The van der Waals surface area contributed by atoms with Gasteiger partial charge in [0.15, 0.2) is 5.16 Å². The van der Waals surface area contributed by atoms with Gasteiger partial charge in [0.1, 0.15) is 5.01 Å². The van der Waals surface area contributed by atoms with E-state index in [4.69, 9.17) is 0 Å². The largest absolute Gasteiger partial charge is 0.301 e. The topological polar surface area (TPSA) is 101 Å². The van der Waals surface area contributed by atoms with E-state index in [1.54, 1.807) is 6.92 Å². The van der Waals surface area contributed by atoms with Crippen LogP contribution in [0.25, 0.3) is 0 Å². The molecule has 1 amide bonds. The molecule has 2 aromatic heterocycles. The Kier molecular flexibility index (Phi) is 6.50. The second-order valence-electron chi connectivity index (χ2n) is 5.64. The van der Waals surface area contributed by atoms with Gasteiger partial charge in [-0.15, -0.1) is 10.2 Å². The van der Waals surface area contributed by atoms with Gasteiger partial charge >= 0.3 is 0 Å². The summed E-state index contributed by atoms with van der Waals surface area (Å²) in [6.45, 7) is 7.84. The van der Waals surface area contributed by atoms with E-state index in [2.05, 4.69) is 25.5 Å². The van der Waals surface area contributed by atoms with E-state index in [0.717, 1.165) is 23.5 Å². The van der Waals surface area contributed by atoms with E-state index in [9.17, 15) is 9.59 Å². The number of anilines is 1. The van der Waals surface area contributed by atoms with Crippen molar-refractivity contribution in [2.75, 3.05) is 5.32 Å². The van der Waals surface area contributed by atoms with Crippen molar-refractivity contribution in [1.82, 2.24) is 20.2 Å². The van der Waals surface area contributed by atoms with Gasteiger partial charge in [-0.05, 0) is 13.3 Å². The molecule has 0 aliphatic heterocycles. The number of nitrogens with one attached hydrogen (secondary N) is 2. The number of carbonyl (C=O) groups is 1. The highest BCUT2D eigenvalue weighted by molar-refractivity contribution is 8.00. The van der Waals surface area contributed by atoms with Crippen LogP contribution in [0.1, 0.15) is 50.7 Å². The third-order valence-electron chi connectivity index (χ3n) is 3.10. The molecule has 0 aliphatic rings. The molecule has 7 nitrogen and oxygen atoms in total. The number of hydrogen-bond acceptors (Lipinski definition) is 7. The molecule has 0 spiro atoms. The van der Waals surface area contributed by atoms with Gasteiger partial charge in [-0.2, -0.15) is 0 Å². The van der Waals surface area contributed by atoms with Crippen LogP contribution in [0.15, 0.2) is 16.0 Å². The lowest BCUT2D eigenvalue weighted by Gasteiger charge is -2.10. The average molecular weight is 368 g/mol. The third kappa shape index (κ3) is 5.13. The number of rotatable bonds is 7. The molecular weight excluding hydrogens is 346 g/mol. The van der Waals surface area contributed by atoms with E-state index < -0.39 is 5.25 Å². The highest BCUT2D eigenvalue weighted by Gasteiger charge is 2.18. The van der Waals surface area contributed by atoms with Crippen molar-refractivity contribution in [3.8, 4) is 0 Å². The van der Waals surface area contributed by atoms with Crippen LogP contribution in [0.5, 0.6) is 0 Å². The summed E-state index contributed by atoms with van der Waals surface area (Å²) >= 11 is 2.58. The Labute approximate surface area is 148 Å². The maximum Gasteiger partial charge on any atom is 0.251 e. The molecule has 2 heterocycles. The minimum atomic E-state index is -0.420. The summed E-state index contributed by atoms with van der Waals surface area (Å²) in [5.41, 5.74) is 0.538. The zero-order chi connectivity index (χ0) is 17.7. The van der Waals surface area contributed by atoms with Crippen molar-refractivity contribution in [3.05, 3.63) is 27.1 Å². The first-order chi connectivity index (χ1) is 11.4. The maximum atomic E-state index is 12.3. The second kappa shape index (κ2) is 8.39. The third-order valence-corrected chi connectivity index (χ3v) is 5.22. The van der Waals surface area contributed by atoms with E-state index >= 15 is 0 Å². The number of aromatic amines is 1. The van der Waals surface area contributed by atoms with Gasteiger partial charge < -0.3 is 4.98 Å². The fourth-order valence-electron chi connectivity index (χ4n) is 1.87. The molecule has 2 N–H and O–H groups in total. The molecule has 9 heteroatoms. The van der Waals surface area contributed by atoms with E-state index in [-0.39, 0.29) is 17.4 Å². The zero-order valence-electron chi connectivity index (χ0n) is 14.1. The standard InChI is InChI=1S/C15H21N5O2S2/c1-5-6-10-7-11(21)17-14(16-10)23-9(4)12(22)18-15-20-19-13(24-15)8(2)3/h7-9H,5-6H2,1-4H3,(H,16,17,21)(H,18,20,22). The van der Waals surface area contributed by atoms with Crippen LogP contribution in [0.4, 0.5) is 5.13 Å². The van der Waals surface area contributed by atoms with Crippen LogP contribution >= 0.6 is 23.1 Å². The number of thioether (sulfide) groups is 1. The van der Waals surface area contributed by atoms with Crippen molar-refractivity contribution in [2.45, 2.75) is 56.9 Å². The first-order valence-corrected chi connectivity index (χ1v) is 9.49. The minimum absolute atomic E-state index is 0.199. The molecule has 24 heavy (non-hydrogen) atoms. The van der Waals surface area contributed by atoms with Crippen LogP contribution in [0.3, 0.4) is 0 Å². The highest BCUT2D eigenvalue weighted by Crippen LogP contribution is 2.24. The molecular formula is C15H21N5O2S2. The molecule has 0 saturated heterocycles. The second-order valence-corrected chi connectivity index (χ2v) is 7.98. The van der Waals surface area contributed by atoms with Crippen molar-refractivity contribution < 1.29 is 4.79 Å². The Morgan fingerprint density at radius 2 is 2.12 bits per heavy atom. The summed E-state index contributed by atoms with van der Waals surface area (Å²) in [6.07, 6.45) is 1.65. The van der Waals surface area contributed by atoms with Crippen molar-refractivity contribution in [2.24, 2.45) is 0 Å². The van der Waals surface area contributed by atoms with E-state index in [0.29, 0.717) is 10.3 Å². The molecule has 0 bridgehead atoms. The molecule has 2 aromatic rings. The smallest absolute Gasteiger partial charge is 0.251 e. The quantitative estimate of drug-likeness (QED) is 0.576. The molecule has 2 rings (SSSR count). The molecule has 1 atom stereocenters. The number of hydrogen-bond donors (Lipinski definition) is 2. The first-order valence-electron chi connectivity index (χ1n) is 7.80. The van der Waals surface area contributed by atoms with Gasteiger partial charge in [0.2, 0.25) is 11.0 Å². The summed E-state index contributed by atoms with van der Waals surface area (Å²) in [6, 6.07) is 1.49. The average Bonchev–Trinajstić information content (AvgIpc) is 2.95. The number of amides is 1. The Morgan fingerprint density at radius 1 is 1.38 bits per heavy atom.